The van der Waals surface area contributed by atoms with Crippen LogP contribution in [0, 0.1) is 0 Å². The molecule has 2 aliphatic heterocycles. The van der Waals surface area contributed by atoms with Gasteiger partial charge in [-0.3, -0.25) is 15.0 Å². The molecular formula is C30H26N8. The maximum Gasteiger partial charge on any atom is 0.164 e. The Hall–Kier alpha value is -4.40. The van der Waals surface area contributed by atoms with Crippen LogP contribution in [0.25, 0.3) is 50.2 Å². The zero-order valence-electron chi connectivity index (χ0n) is 20.7. The van der Waals surface area contributed by atoms with E-state index in [0.717, 1.165) is 69.8 Å². The van der Waals surface area contributed by atoms with Crippen molar-refractivity contribution in [2.75, 3.05) is 13.1 Å². The second kappa shape index (κ2) is 8.58. The van der Waals surface area contributed by atoms with Gasteiger partial charge in [-0.2, -0.15) is 10.2 Å². The molecule has 2 saturated heterocycles. The summed E-state index contributed by atoms with van der Waals surface area (Å²) in [7, 11) is 0. The summed E-state index contributed by atoms with van der Waals surface area (Å²) in [6.45, 7) is 3.27. The van der Waals surface area contributed by atoms with Crippen LogP contribution in [0.4, 0.5) is 0 Å². The number of nitrogens with one attached hydrogen (secondary N) is 2. The standard InChI is InChI=1S/C30H26N8/c1-2-24(25-16-34-35-26(25)3-1)28-29(21-8-11-31-12-9-21)36-38-27(10-13-32-30(28)38)20-6-4-19(5-7-20)17-37-18-22-14-23(37)15-33-22/h1-13,16,22-23,33H,14-15,17-18H2,(H,34,35)/t22-,23-/m0/s1. The quantitative estimate of drug-likeness (QED) is 0.363. The number of pyridine rings is 1. The highest BCUT2D eigenvalue weighted by Crippen LogP contribution is 2.39. The first-order valence-corrected chi connectivity index (χ1v) is 13.1. The lowest BCUT2D eigenvalue weighted by atomic mass is 9.99. The molecular weight excluding hydrogens is 472 g/mol. The van der Waals surface area contributed by atoms with Gasteiger partial charge in [-0.15, -0.1) is 0 Å². The van der Waals surface area contributed by atoms with Gasteiger partial charge in [-0.25, -0.2) is 9.50 Å². The summed E-state index contributed by atoms with van der Waals surface area (Å²) < 4.78 is 1.98. The smallest absolute Gasteiger partial charge is 0.164 e. The van der Waals surface area contributed by atoms with E-state index in [9.17, 15) is 0 Å². The van der Waals surface area contributed by atoms with Gasteiger partial charge >= 0.3 is 0 Å². The fraction of sp³-hybridized carbons (Fsp3) is 0.200. The molecule has 2 fully saturated rings. The second-order valence-electron chi connectivity index (χ2n) is 10.3. The molecule has 6 heterocycles. The van der Waals surface area contributed by atoms with Crippen molar-refractivity contribution in [3.8, 4) is 33.6 Å². The molecule has 0 spiro atoms. The Kier molecular flexibility index (Phi) is 4.89. The maximum atomic E-state index is 5.14. The molecule has 2 atom stereocenters. The van der Waals surface area contributed by atoms with Crippen LogP contribution in [0.1, 0.15) is 12.0 Å². The molecule has 2 N–H and O–H groups in total. The van der Waals surface area contributed by atoms with Gasteiger partial charge in [0.15, 0.2) is 5.65 Å². The van der Waals surface area contributed by atoms with E-state index in [1.165, 1.54) is 12.0 Å². The first-order valence-electron chi connectivity index (χ1n) is 13.1. The summed E-state index contributed by atoms with van der Waals surface area (Å²) in [4.78, 5) is 11.7. The van der Waals surface area contributed by atoms with E-state index in [1.807, 2.05) is 47.2 Å². The normalized spacial score (nSPS) is 19.2. The molecule has 4 aromatic heterocycles. The largest absolute Gasteiger partial charge is 0.311 e. The van der Waals surface area contributed by atoms with Gasteiger partial charge in [0.05, 0.1) is 23.0 Å². The molecule has 2 aliphatic rings. The molecule has 0 unspecified atom stereocenters. The minimum atomic E-state index is 0.667. The monoisotopic (exact) mass is 498 g/mol. The van der Waals surface area contributed by atoms with Gasteiger partial charge in [0, 0.05) is 66.8 Å². The number of rotatable bonds is 5. The molecule has 8 heteroatoms. The van der Waals surface area contributed by atoms with Crippen molar-refractivity contribution in [3.63, 3.8) is 0 Å². The van der Waals surface area contributed by atoms with Crippen LogP contribution in [0.2, 0.25) is 0 Å². The number of nitrogens with zero attached hydrogens (tertiary/aromatic N) is 6. The van der Waals surface area contributed by atoms with E-state index in [1.54, 1.807) is 12.4 Å². The van der Waals surface area contributed by atoms with Gasteiger partial charge < -0.3 is 5.32 Å². The summed E-state index contributed by atoms with van der Waals surface area (Å²) >= 11 is 0. The van der Waals surface area contributed by atoms with Gasteiger partial charge in [-0.1, -0.05) is 36.4 Å². The zero-order valence-corrected chi connectivity index (χ0v) is 20.7. The number of aromatic nitrogens is 6. The summed E-state index contributed by atoms with van der Waals surface area (Å²) in [6, 6.07) is 22.5. The van der Waals surface area contributed by atoms with Gasteiger partial charge in [-0.05, 0) is 41.8 Å². The molecule has 0 radical (unpaired) electrons. The van der Waals surface area contributed by atoms with Crippen molar-refractivity contribution in [1.82, 2.24) is 40.0 Å². The molecule has 0 saturated carbocycles. The minimum Gasteiger partial charge on any atom is -0.311 e. The number of fused-ring (bicyclic) bond motifs is 4. The SMILES string of the molecule is c1cc(-c2c(-c3ccncc3)nn3c(-c4ccc(CN5C[C@@H]6C[C@H]5CN6)cc4)ccnc23)c2cn[nH]c2c1. The number of hydrogen-bond donors (Lipinski definition) is 2. The number of aromatic amines is 1. The van der Waals surface area contributed by atoms with Gasteiger partial charge in [0.1, 0.15) is 5.69 Å². The highest BCUT2D eigenvalue weighted by molar-refractivity contribution is 6.02. The Bertz CT molecular complexity index is 1770. The molecule has 2 aromatic carbocycles. The predicted molar refractivity (Wildman–Crippen MR) is 147 cm³/mol. The fourth-order valence-electron chi connectivity index (χ4n) is 6.17. The summed E-state index contributed by atoms with van der Waals surface area (Å²) in [5, 5.41) is 17.2. The molecule has 8 nitrogen and oxygen atoms in total. The van der Waals surface area contributed by atoms with E-state index < -0.39 is 0 Å². The Morgan fingerprint density at radius 1 is 0.921 bits per heavy atom. The highest BCUT2D eigenvalue weighted by atomic mass is 15.3. The number of H-pyrrole nitrogens is 1. The van der Waals surface area contributed by atoms with Gasteiger partial charge in [0.2, 0.25) is 0 Å². The van der Waals surface area contributed by atoms with Crippen molar-refractivity contribution in [2.24, 2.45) is 0 Å². The Morgan fingerprint density at radius 3 is 2.63 bits per heavy atom. The average Bonchev–Trinajstić information content (AvgIpc) is 3.77. The Labute approximate surface area is 219 Å². The molecule has 0 aliphatic carbocycles. The molecule has 38 heavy (non-hydrogen) atoms. The van der Waals surface area contributed by atoms with Crippen LogP contribution < -0.4 is 5.32 Å². The van der Waals surface area contributed by atoms with Gasteiger partial charge in [0.25, 0.3) is 0 Å². The average molecular weight is 499 g/mol. The third-order valence-corrected chi connectivity index (χ3v) is 8.03. The molecule has 8 rings (SSSR count). The topological polar surface area (TPSA) is 87.0 Å². The van der Waals surface area contributed by atoms with Crippen molar-refractivity contribution in [3.05, 3.63) is 91.0 Å². The van der Waals surface area contributed by atoms with E-state index in [-0.39, 0.29) is 0 Å². The lowest BCUT2D eigenvalue weighted by Crippen LogP contribution is -2.42. The number of piperazine rings is 1. The van der Waals surface area contributed by atoms with E-state index in [4.69, 9.17) is 10.1 Å². The minimum absolute atomic E-state index is 0.667. The zero-order chi connectivity index (χ0) is 25.1. The van der Waals surface area contributed by atoms with Crippen LogP contribution in [0.15, 0.2) is 85.5 Å². The highest BCUT2D eigenvalue weighted by Gasteiger charge is 2.37. The summed E-state index contributed by atoms with van der Waals surface area (Å²) in [5.41, 5.74) is 9.16. The third-order valence-electron chi connectivity index (χ3n) is 8.03. The van der Waals surface area contributed by atoms with Crippen molar-refractivity contribution in [1.29, 1.82) is 0 Å². The predicted octanol–water partition coefficient (Wildman–Crippen LogP) is 4.55. The third kappa shape index (κ3) is 3.45. The first-order chi connectivity index (χ1) is 18.8. The van der Waals surface area contributed by atoms with E-state index >= 15 is 0 Å². The summed E-state index contributed by atoms with van der Waals surface area (Å²) in [5.74, 6) is 0. The summed E-state index contributed by atoms with van der Waals surface area (Å²) in [6.07, 6.45) is 8.63. The van der Waals surface area contributed by atoms with E-state index in [0.29, 0.717) is 12.1 Å². The number of hydrogen-bond acceptors (Lipinski definition) is 6. The van der Waals surface area contributed by atoms with Crippen LogP contribution in [-0.2, 0) is 6.54 Å². The lowest BCUT2D eigenvalue weighted by molar-refractivity contribution is 0.218. The number of likely N-dealkylation sites (tertiary alicyclic amines) is 1. The molecule has 0 amide bonds. The Morgan fingerprint density at radius 2 is 1.82 bits per heavy atom. The number of benzene rings is 2. The lowest BCUT2D eigenvalue weighted by Gasteiger charge is -2.27. The molecule has 6 aromatic rings. The van der Waals surface area contributed by atoms with Crippen LogP contribution >= 0.6 is 0 Å². The maximum absolute atomic E-state index is 5.14. The van der Waals surface area contributed by atoms with Crippen LogP contribution in [-0.4, -0.2) is 59.9 Å². The second-order valence-corrected chi connectivity index (χ2v) is 10.3. The fourth-order valence-corrected chi connectivity index (χ4v) is 6.17. The van der Waals surface area contributed by atoms with Crippen molar-refractivity contribution >= 4 is 16.6 Å². The van der Waals surface area contributed by atoms with Crippen LogP contribution in [0.5, 0.6) is 0 Å². The molecule has 186 valence electrons. The Balaban J connectivity index is 1.25. The van der Waals surface area contributed by atoms with Crippen molar-refractivity contribution in [2.45, 2.75) is 25.0 Å². The van der Waals surface area contributed by atoms with Crippen LogP contribution in [0.3, 0.4) is 0 Å². The van der Waals surface area contributed by atoms with E-state index in [2.05, 4.69) is 55.7 Å². The molecule has 2 bridgehead atoms. The van der Waals surface area contributed by atoms with Crippen molar-refractivity contribution < 1.29 is 0 Å². The first kappa shape index (κ1) is 21.7.